The highest BCUT2D eigenvalue weighted by molar-refractivity contribution is 5.78. The molecule has 0 bridgehead atoms. The van der Waals surface area contributed by atoms with Crippen molar-refractivity contribution in [1.82, 2.24) is 20.0 Å². The van der Waals surface area contributed by atoms with Gasteiger partial charge in [0, 0.05) is 29.8 Å². The number of ether oxygens (including phenoxy) is 1. The highest BCUT2D eigenvalue weighted by atomic mass is 16.5. The average Bonchev–Trinajstić information content (AvgIpc) is 3.59. The SMILES string of the molecule is COc1ccc(-c2nn(-c3ccccc3)cc2CN2CCC(C(=O)NCc3ccco3)CC2)cc1. The molecule has 2 aromatic carbocycles. The lowest BCUT2D eigenvalue weighted by atomic mass is 9.95. The number of likely N-dealkylation sites (tertiary alicyclic amines) is 1. The number of carbonyl (C=O) groups is 1. The number of furan rings is 1. The molecular weight excluding hydrogens is 440 g/mol. The Morgan fingerprint density at radius 1 is 1.06 bits per heavy atom. The van der Waals surface area contributed by atoms with Crippen LogP contribution in [0.15, 0.2) is 83.6 Å². The fourth-order valence-corrected chi connectivity index (χ4v) is 4.56. The Morgan fingerprint density at radius 2 is 1.83 bits per heavy atom. The minimum atomic E-state index is 0.0364. The monoisotopic (exact) mass is 470 g/mol. The van der Waals surface area contributed by atoms with Gasteiger partial charge in [-0.05, 0) is 74.5 Å². The van der Waals surface area contributed by atoms with Crippen LogP contribution in [0.3, 0.4) is 0 Å². The van der Waals surface area contributed by atoms with E-state index in [0.29, 0.717) is 6.54 Å². The smallest absolute Gasteiger partial charge is 0.223 e. The van der Waals surface area contributed by atoms with Gasteiger partial charge >= 0.3 is 0 Å². The number of rotatable bonds is 8. The zero-order valence-corrected chi connectivity index (χ0v) is 19.9. The summed E-state index contributed by atoms with van der Waals surface area (Å²) in [5.41, 5.74) is 4.22. The fourth-order valence-electron chi connectivity index (χ4n) is 4.56. The van der Waals surface area contributed by atoms with Gasteiger partial charge in [-0.15, -0.1) is 0 Å². The van der Waals surface area contributed by atoms with Crippen LogP contribution in [-0.4, -0.2) is 40.8 Å². The molecule has 1 saturated heterocycles. The molecule has 1 fully saturated rings. The lowest BCUT2D eigenvalue weighted by Crippen LogP contribution is -2.40. The van der Waals surface area contributed by atoms with Gasteiger partial charge in [0.25, 0.3) is 0 Å². The van der Waals surface area contributed by atoms with Gasteiger partial charge in [-0.2, -0.15) is 5.10 Å². The summed E-state index contributed by atoms with van der Waals surface area (Å²) in [7, 11) is 1.67. The molecule has 7 nitrogen and oxygen atoms in total. The van der Waals surface area contributed by atoms with Crippen molar-refractivity contribution >= 4 is 5.91 Å². The number of piperidine rings is 1. The second kappa shape index (κ2) is 10.6. The Kier molecular flexibility index (Phi) is 6.95. The Bertz CT molecular complexity index is 1230. The van der Waals surface area contributed by atoms with Crippen LogP contribution in [0.5, 0.6) is 5.75 Å². The van der Waals surface area contributed by atoms with Gasteiger partial charge in [0.2, 0.25) is 5.91 Å². The van der Waals surface area contributed by atoms with E-state index in [1.54, 1.807) is 13.4 Å². The molecule has 1 aliphatic heterocycles. The standard InChI is InChI=1S/C28H30N4O3/c1-34-25-11-9-21(10-12-25)27-23(20-32(30-27)24-6-3-2-4-7-24)19-31-15-13-22(14-16-31)28(33)29-18-26-8-5-17-35-26/h2-12,17,20,22H,13-16,18-19H2,1H3,(H,29,33). The van der Waals surface area contributed by atoms with Gasteiger partial charge in [0.15, 0.2) is 0 Å². The molecule has 1 amide bonds. The van der Waals surface area contributed by atoms with Crippen molar-refractivity contribution in [2.45, 2.75) is 25.9 Å². The summed E-state index contributed by atoms with van der Waals surface area (Å²) in [5.74, 6) is 1.74. The Morgan fingerprint density at radius 3 is 2.51 bits per heavy atom. The van der Waals surface area contributed by atoms with Gasteiger partial charge in [-0.1, -0.05) is 18.2 Å². The number of methoxy groups -OCH3 is 1. The second-order valence-corrected chi connectivity index (χ2v) is 8.86. The van der Waals surface area contributed by atoms with Crippen molar-refractivity contribution in [1.29, 1.82) is 0 Å². The van der Waals surface area contributed by atoms with Crippen LogP contribution in [-0.2, 0) is 17.9 Å². The molecule has 35 heavy (non-hydrogen) atoms. The molecule has 0 radical (unpaired) electrons. The quantitative estimate of drug-likeness (QED) is 0.405. The third-order valence-electron chi connectivity index (χ3n) is 6.54. The lowest BCUT2D eigenvalue weighted by Gasteiger charge is -2.31. The maximum atomic E-state index is 12.6. The summed E-state index contributed by atoms with van der Waals surface area (Å²) in [4.78, 5) is 15.0. The highest BCUT2D eigenvalue weighted by Crippen LogP contribution is 2.28. The minimum absolute atomic E-state index is 0.0364. The molecule has 5 rings (SSSR count). The van der Waals surface area contributed by atoms with Crippen molar-refractivity contribution in [3.63, 3.8) is 0 Å². The largest absolute Gasteiger partial charge is 0.497 e. The molecule has 3 heterocycles. The normalized spacial score (nSPS) is 14.7. The first-order chi connectivity index (χ1) is 17.2. The molecule has 0 aliphatic carbocycles. The van der Waals surface area contributed by atoms with Crippen LogP contribution in [0.2, 0.25) is 0 Å². The van der Waals surface area contributed by atoms with Gasteiger partial charge < -0.3 is 14.5 Å². The number of nitrogens with zero attached hydrogens (tertiary/aromatic N) is 3. The van der Waals surface area contributed by atoms with E-state index in [9.17, 15) is 4.79 Å². The highest BCUT2D eigenvalue weighted by Gasteiger charge is 2.26. The number of benzene rings is 2. The van der Waals surface area contributed by atoms with Crippen molar-refractivity contribution in [2.24, 2.45) is 5.92 Å². The topological polar surface area (TPSA) is 72.5 Å². The molecular formula is C28H30N4O3. The van der Waals surface area contributed by atoms with Crippen LogP contribution in [0.1, 0.15) is 24.2 Å². The number of hydrogen-bond donors (Lipinski definition) is 1. The molecule has 180 valence electrons. The maximum absolute atomic E-state index is 12.6. The van der Waals surface area contributed by atoms with Crippen LogP contribution in [0.25, 0.3) is 16.9 Å². The molecule has 2 aromatic heterocycles. The van der Waals surface area contributed by atoms with Crippen molar-refractivity contribution in [3.05, 3.63) is 90.5 Å². The summed E-state index contributed by atoms with van der Waals surface area (Å²) in [5, 5.41) is 7.95. The van der Waals surface area contributed by atoms with Crippen LogP contribution >= 0.6 is 0 Å². The molecule has 0 saturated carbocycles. The van der Waals surface area contributed by atoms with Crippen molar-refractivity contribution < 1.29 is 13.9 Å². The third-order valence-corrected chi connectivity index (χ3v) is 6.54. The van der Waals surface area contributed by atoms with Crippen LogP contribution in [0, 0.1) is 5.92 Å². The Labute approximate surface area is 205 Å². The predicted molar refractivity (Wildman–Crippen MR) is 134 cm³/mol. The minimum Gasteiger partial charge on any atom is -0.497 e. The molecule has 0 atom stereocenters. The third kappa shape index (κ3) is 5.46. The van der Waals surface area contributed by atoms with Gasteiger partial charge in [0.05, 0.1) is 31.3 Å². The summed E-state index contributed by atoms with van der Waals surface area (Å²) in [6.07, 6.45) is 5.43. The van der Waals surface area contributed by atoms with Crippen molar-refractivity contribution in [2.75, 3.05) is 20.2 Å². The first-order valence-corrected chi connectivity index (χ1v) is 12.0. The summed E-state index contributed by atoms with van der Waals surface area (Å²) in [6, 6.07) is 21.9. The molecule has 4 aromatic rings. The predicted octanol–water partition coefficient (Wildman–Crippen LogP) is 4.67. The Hall–Kier alpha value is -3.84. The molecule has 7 heteroatoms. The Balaban J connectivity index is 1.27. The molecule has 1 aliphatic rings. The van der Waals surface area contributed by atoms with Gasteiger partial charge in [-0.25, -0.2) is 4.68 Å². The number of nitrogens with one attached hydrogen (secondary N) is 1. The van der Waals surface area contributed by atoms with E-state index in [1.807, 2.05) is 47.1 Å². The van der Waals surface area contributed by atoms with Crippen LogP contribution < -0.4 is 10.1 Å². The van der Waals surface area contributed by atoms with Crippen LogP contribution in [0.4, 0.5) is 0 Å². The van der Waals surface area contributed by atoms with E-state index >= 15 is 0 Å². The zero-order chi connectivity index (χ0) is 24.0. The van der Waals surface area contributed by atoms with E-state index in [-0.39, 0.29) is 11.8 Å². The van der Waals surface area contributed by atoms with E-state index in [0.717, 1.165) is 60.9 Å². The summed E-state index contributed by atoms with van der Waals surface area (Å²) >= 11 is 0. The lowest BCUT2D eigenvalue weighted by molar-refractivity contribution is -0.126. The maximum Gasteiger partial charge on any atom is 0.223 e. The fraction of sp³-hybridized carbons (Fsp3) is 0.286. The van der Waals surface area contributed by atoms with E-state index in [1.165, 1.54) is 5.56 Å². The first-order valence-electron chi connectivity index (χ1n) is 12.0. The molecule has 1 N–H and O–H groups in total. The van der Waals surface area contributed by atoms with Crippen molar-refractivity contribution in [3.8, 4) is 22.7 Å². The number of hydrogen-bond acceptors (Lipinski definition) is 5. The van der Waals surface area contributed by atoms with E-state index in [2.05, 4.69) is 40.7 Å². The van der Waals surface area contributed by atoms with E-state index < -0.39 is 0 Å². The zero-order valence-electron chi connectivity index (χ0n) is 19.9. The summed E-state index contributed by atoms with van der Waals surface area (Å²) < 4.78 is 12.6. The van der Waals surface area contributed by atoms with Gasteiger partial charge in [0.1, 0.15) is 11.5 Å². The second-order valence-electron chi connectivity index (χ2n) is 8.86. The number of para-hydroxylation sites is 1. The number of amides is 1. The van der Waals surface area contributed by atoms with Gasteiger partial charge in [-0.3, -0.25) is 9.69 Å². The molecule has 0 unspecified atom stereocenters. The number of aromatic nitrogens is 2. The first kappa shape index (κ1) is 22.9. The molecule has 0 spiro atoms. The number of carbonyl (C=O) groups excluding carboxylic acids is 1. The van der Waals surface area contributed by atoms with E-state index in [4.69, 9.17) is 14.3 Å². The average molecular weight is 471 g/mol. The summed E-state index contributed by atoms with van der Waals surface area (Å²) in [6.45, 7) is 2.97.